The first-order chi connectivity index (χ1) is 10.9. The van der Waals surface area contributed by atoms with Crippen LogP contribution < -0.4 is 5.30 Å². The molecular weight excluding hydrogens is 291 g/mol. The van der Waals surface area contributed by atoms with Gasteiger partial charge < -0.3 is 9.05 Å². The molecule has 1 aliphatic heterocycles. The molecule has 0 amide bonds. The van der Waals surface area contributed by atoms with Gasteiger partial charge in [0, 0.05) is 5.30 Å². The minimum atomic E-state index is -0.991. The van der Waals surface area contributed by atoms with Crippen LogP contribution in [0.25, 0.3) is 0 Å². The number of rotatable bonds is 3. The van der Waals surface area contributed by atoms with Crippen molar-refractivity contribution in [3.8, 4) is 0 Å². The van der Waals surface area contributed by atoms with Gasteiger partial charge in [0.25, 0.3) is 0 Å². The molecule has 0 spiro atoms. The monoisotopic (exact) mass is 316 g/mol. The van der Waals surface area contributed by atoms with Crippen LogP contribution in [0.2, 0.25) is 0 Å². The van der Waals surface area contributed by atoms with Gasteiger partial charge in [-0.3, -0.25) is 0 Å². The van der Waals surface area contributed by atoms with Gasteiger partial charge in [-0.1, -0.05) is 69.7 Å². The van der Waals surface area contributed by atoms with E-state index in [4.69, 9.17) is 9.05 Å². The lowest BCUT2D eigenvalue weighted by Gasteiger charge is -2.21. The Hall–Kier alpha value is -1.21. The normalized spacial score (nSPS) is 20.3. The van der Waals surface area contributed by atoms with Gasteiger partial charge in [0.05, 0.1) is 12.7 Å². The van der Waals surface area contributed by atoms with Gasteiger partial charge in [0.2, 0.25) is 8.38 Å². The molecule has 1 heterocycles. The first-order valence-corrected chi connectivity index (χ1v) is 9.29. The lowest BCUT2D eigenvalue weighted by atomic mass is 10.00. The summed E-state index contributed by atoms with van der Waals surface area (Å²) in [5.74, 6) is 0. The molecule has 2 atom stereocenters. The van der Waals surface area contributed by atoms with Crippen LogP contribution in [0.5, 0.6) is 0 Å². The quantitative estimate of drug-likeness (QED) is 0.672. The molecule has 0 saturated carbocycles. The Balaban J connectivity index is 0.000000847. The van der Waals surface area contributed by atoms with Crippen LogP contribution >= 0.6 is 8.38 Å². The molecule has 118 valence electrons. The van der Waals surface area contributed by atoms with E-state index in [1.807, 2.05) is 32.0 Å². The van der Waals surface area contributed by atoms with E-state index in [1.54, 1.807) is 0 Å². The zero-order chi connectivity index (χ0) is 15.8. The average Bonchev–Trinajstić information content (AvgIpc) is 2.78. The van der Waals surface area contributed by atoms with Gasteiger partial charge in [-0.05, 0) is 29.7 Å². The molecular formula is C19H25O2P. The van der Waals surface area contributed by atoms with Gasteiger partial charge in [-0.25, -0.2) is 0 Å². The van der Waals surface area contributed by atoms with Gasteiger partial charge >= 0.3 is 0 Å². The molecule has 2 unspecified atom stereocenters. The summed E-state index contributed by atoms with van der Waals surface area (Å²) in [5.41, 5.74) is 2.54. The molecule has 0 fully saturated rings. The Kier molecular flexibility index (Phi) is 7.05. The van der Waals surface area contributed by atoms with Crippen molar-refractivity contribution in [2.24, 2.45) is 0 Å². The topological polar surface area (TPSA) is 18.5 Å². The molecule has 3 rings (SSSR count). The van der Waals surface area contributed by atoms with Crippen molar-refractivity contribution in [1.29, 1.82) is 0 Å². The third-order valence-corrected chi connectivity index (χ3v) is 5.01. The maximum absolute atomic E-state index is 6.31. The average molecular weight is 316 g/mol. The van der Waals surface area contributed by atoms with E-state index in [2.05, 4.69) is 43.3 Å². The maximum Gasteiger partial charge on any atom is 0.206 e. The molecule has 0 saturated heterocycles. The molecule has 0 radical (unpaired) electrons. The molecule has 1 aliphatic rings. The summed E-state index contributed by atoms with van der Waals surface area (Å²) in [6, 6.07) is 18.7. The number of hydrogen-bond acceptors (Lipinski definition) is 2. The minimum Gasteiger partial charge on any atom is -0.326 e. The van der Waals surface area contributed by atoms with E-state index in [-0.39, 0.29) is 6.10 Å². The van der Waals surface area contributed by atoms with Crippen LogP contribution in [0, 0.1) is 0 Å². The molecule has 0 aliphatic carbocycles. The fourth-order valence-corrected chi connectivity index (χ4v) is 3.92. The van der Waals surface area contributed by atoms with Gasteiger partial charge in [0.1, 0.15) is 0 Å². The second-order valence-electron chi connectivity index (χ2n) is 4.95. The van der Waals surface area contributed by atoms with Crippen LogP contribution in [-0.4, -0.2) is 0 Å². The summed E-state index contributed by atoms with van der Waals surface area (Å²) in [6.45, 7) is 6.83. The summed E-state index contributed by atoms with van der Waals surface area (Å²) in [7, 11) is -0.991. The third-order valence-electron chi connectivity index (χ3n) is 3.48. The number of hydrogen-bond donors (Lipinski definition) is 0. The summed E-state index contributed by atoms with van der Waals surface area (Å²) < 4.78 is 12.3. The van der Waals surface area contributed by atoms with Gasteiger partial charge in [-0.2, -0.15) is 0 Å². The zero-order valence-electron chi connectivity index (χ0n) is 13.7. The molecule has 2 aromatic carbocycles. The predicted octanol–water partition coefficient (Wildman–Crippen LogP) is 5.74. The van der Waals surface area contributed by atoms with Crippen LogP contribution in [0.4, 0.5) is 0 Å². The van der Waals surface area contributed by atoms with Crippen molar-refractivity contribution in [1.82, 2.24) is 0 Å². The lowest BCUT2D eigenvalue weighted by molar-refractivity contribution is 0.189. The summed E-state index contributed by atoms with van der Waals surface area (Å²) >= 11 is 0. The maximum atomic E-state index is 6.31. The van der Waals surface area contributed by atoms with E-state index in [0.717, 1.165) is 18.1 Å². The second kappa shape index (κ2) is 9.05. The van der Waals surface area contributed by atoms with Gasteiger partial charge in [0.15, 0.2) is 0 Å². The predicted molar refractivity (Wildman–Crippen MR) is 94.3 cm³/mol. The summed E-state index contributed by atoms with van der Waals surface area (Å²) in [4.78, 5) is 0. The SMILES string of the molecule is CC.CCCC1OP(c2ccccc2)OCc2ccccc21. The van der Waals surface area contributed by atoms with E-state index in [0.29, 0.717) is 6.61 Å². The van der Waals surface area contributed by atoms with Crippen LogP contribution in [0.1, 0.15) is 50.8 Å². The largest absolute Gasteiger partial charge is 0.326 e. The van der Waals surface area contributed by atoms with Crippen LogP contribution in [-0.2, 0) is 15.7 Å². The van der Waals surface area contributed by atoms with Crippen molar-refractivity contribution < 1.29 is 9.05 Å². The van der Waals surface area contributed by atoms with Gasteiger partial charge in [-0.15, -0.1) is 0 Å². The molecule has 0 bridgehead atoms. The Labute approximate surface area is 135 Å². The van der Waals surface area contributed by atoms with Crippen molar-refractivity contribution >= 4 is 13.7 Å². The smallest absolute Gasteiger partial charge is 0.206 e. The lowest BCUT2D eigenvalue weighted by Crippen LogP contribution is -2.07. The minimum absolute atomic E-state index is 0.144. The van der Waals surface area contributed by atoms with E-state index in [9.17, 15) is 0 Å². The standard InChI is InChI=1S/C17H19O2P.C2H6/c1-2-8-17-16-12-7-6-9-14(16)13-18-20(19-17)15-10-4-3-5-11-15;1-2/h3-7,9-12,17H,2,8,13H2,1H3;1-2H3. The molecule has 3 heteroatoms. The molecule has 2 aromatic rings. The summed E-state index contributed by atoms with van der Waals surface area (Å²) in [6.07, 6.45) is 2.29. The van der Waals surface area contributed by atoms with E-state index >= 15 is 0 Å². The Morgan fingerprint density at radius 3 is 2.41 bits per heavy atom. The fraction of sp³-hybridized carbons (Fsp3) is 0.368. The first-order valence-electron chi connectivity index (χ1n) is 8.11. The Morgan fingerprint density at radius 1 is 1.00 bits per heavy atom. The molecule has 0 N–H and O–H groups in total. The number of benzene rings is 2. The molecule has 0 aromatic heterocycles. The van der Waals surface area contributed by atoms with Crippen LogP contribution in [0.15, 0.2) is 54.6 Å². The van der Waals surface area contributed by atoms with E-state index < -0.39 is 8.38 Å². The van der Waals surface area contributed by atoms with Crippen LogP contribution in [0.3, 0.4) is 0 Å². The van der Waals surface area contributed by atoms with Crippen molar-refractivity contribution in [3.63, 3.8) is 0 Å². The highest BCUT2D eigenvalue weighted by Crippen LogP contribution is 2.48. The highest BCUT2D eigenvalue weighted by molar-refractivity contribution is 7.56. The zero-order valence-corrected chi connectivity index (χ0v) is 14.6. The highest BCUT2D eigenvalue weighted by atomic mass is 31.2. The van der Waals surface area contributed by atoms with Crippen molar-refractivity contribution in [3.05, 3.63) is 65.7 Å². The number of fused-ring (bicyclic) bond motifs is 1. The Morgan fingerprint density at radius 2 is 1.68 bits per heavy atom. The highest BCUT2D eigenvalue weighted by Gasteiger charge is 2.26. The molecule has 2 nitrogen and oxygen atoms in total. The first kappa shape index (κ1) is 17.1. The van der Waals surface area contributed by atoms with Crippen molar-refractivity contribution in [2.75, 3.05) is 0 Å². The summed E-state index contributed by atoms with van der Waals surface area (Å²) in [5, 5.41) is 1.15. The third kappa shape index (κ3) is 4.16. The fourth-order valence-electron chi connectivity index (χ4n) is 2.47. The van der Waals surface area contributed by atoms with E-state index in [1.165, 1.54) is 11.1 Å². The van der Waals surface area contributed by atoms with Crippen molar-refractivity contribution in [2.45, 2.75) is 46.3 Å². The Bertz CT molecular complexity index is 556. The molecule has 22 heavy (non-hydrogen) atoms. The second-order valence-corrected chi connectivity index (χ2v) is 6.45.